The number of nitrogens with one attached hydrogen (secondary N) is 1. The number of amides is 1. The number of carbonyl (C=O) groups is 1. The number of ether oxygens (including phenoxy) is 1. The molecule has 2 aromatic carbocycles. The highest BCUT2D eigenvalue weighted by Crippen LogP contribution is 2.31. The molecule has 0 atom stereocenters. The van der Waals surface area contributed by atoms with E-state index in [9.17, 15) is 20.0 Å². The van der Waals surface area contributed by atoms with Crippen LogP contribution in [-0.4, -0.2) is 23.7 Å². The molecule has 0 aliphatic heterocycles. The number of nitrogens with zero attached hydrogens (tertiary/aromatic N) is 2. The number of halogens is 2. The summed E-state index contributed by atoms with van der Waals surface area (Å²) in [5.74, 6) is -0.795. The van der Waals surface area contributed by atoms with Crippen molar-refractivity contribution in [2.24, 2.45) is 5.10 Å². The van der Waals surface area contributed by atoms with Crippen molar-refractivity contribution in [3.8, 4) is 11.5 Å². The third-order valence-corrected chi connectivity index (χ3v) is 4.42. The van der Waals surface area contributed by atoms with Gasteiger partial charge in [-0.1, -0.05) is 22.0 Å². The molecule has 2 aromatic rings. The predicted octanol–water partition coefficient (Wildman–Crippen LogP) is 3.34. The summed E-state index contributed by atoms with van der Waals surface area (Å²) in [6, 6.07) is 6.27. The quantitative estimate of drug-likeness (QED) is 0.371. The highest BCUT2D eigenvalue weighted by molar-refractivity contribution is 9.10. The van der Waals surface area contributed by atoms with Crippen LogP contribution in [0.15, 0.2) is 38.3 Å². The van der Waals surface area contributed by atoms with Crippen LogP contribution < -0.4 is 15.3 Å². The Bertz CT molecular complexity index is 908. The fourth-order valence-corrected chi connectivity index (χ4v) is 3.51. The fourth-order valence-electron chi connectivity index (χ4n) is 2.26. The van der Waals surface area contributed by atoms with E-state index in [4.69, 9.17) is 4.74 Å². The van der Waals surface area contributed by atoms with Crippen molar-refractivity contribution in [2.75, 3.05) is 6.61 Å². The number of benzene rings is 2. The highest BCUT2D eigenvalue weighted by atomic mass is 79.9. The van der Waals surface area contributed by atoms with Crippen molar-refractivity contribution in [3.05, 3.63) is 60.0 Å². The average molecular weight is 500 g/mol. The molecule has 0 fully saturated rings. The van der Waals surface area contributed by atoms with Crippen molar-refractivity contribution in [1.82, 2.24) is 5.43 Å². The lowest BCUT2D eigenvalue weighted by atomic mass is 10.1. The van der Waals surface area contributed by atoms with Crippen molar-refractivity contribution in [2.45, 2.75) is 13.8 Å². The summed E-state index contributed by atoms with van der Waals surface area (Å²) in [5.41, 5.74) is 3.52. The monoisotopic (exact) mass is 498 g/mol. The van der Waals surface area contributed by atoms with E-state index < -0.39 is 22.3 Å². The Morgan fingerprint density at radius 2 is 2.00 bits per heavy atom. The van der Waals surface area contributed by atoms with Gasteiger partial charge in [0, 0.05) is 10.5 Å². The number of carbonyl (C=O) groups excluding carboxylic acids is 1. The van der Waals surface area contributed by atoms with E-state index in [1.165, 1.54) is 6.07 Å². The highest BCUT2D eigenvalue weighted by Gasteiger charge is 2.12. The second kappa shape index (κ2) is 8.96. The van der Waals surface area contributed by atoms with Gasteiger partial charge in [-0.3, -0.25) is 14.9 Å². The van der Waals surface area contributed by atoms with E-state index in [0.29, 0.717) is 10.2 Å². The first-order valence-electron chi connectivity index (χ1n) is 7.55. The van der Waals surface area contributed by atoms with Crippen LogP contribution in [-0.2, 0) is 4.79 Å². The van der Waals surface area contributed by atoms with Gasteiger partial charge in [-0.15, -0.1) is 0 Å². The van der Waals surface area contributed by atoms with Crippen molar-refractivity contribution in [1.29, 1.82) is 0 Å². The minimum absolute atomic E-state index is 0.0329. The van der Waals surface area contributed by atoms with Crippen LogP contribution in [0.2, 0.25) is 0 Å². The SMILES string of the molecule is Cc1cc(C)c(OCC(=O)NN=Cc2cc(Br)cc([N+](=O)[O-])c2[O-])c(Br)c1. The van der Waals surface area contributed by atoms with Gasteiger partial charge in [-0.2, -0.15) is 5.10 Å². The number of nitro groups is 1. The van der Waals surface area contributed by atoms with Gasteiger partial charge in [0.05, 0.1) is 15.6 Å². The molecule has 142 valence electrons. The van der Waals surface area contributed by atoms with Gasteiger partial charge in [0.1, 0.15) is 5.75 Å². The first kappa shape index (κ1) is 20.8. The van der Waals surface area contributed by atoms with Crippen molar-refractivity contribution < 1.29 is 19.6 Å². The van der Waals surface area contributed by atoms with Gasteiger partial charge >= 0.3 is 0 Å². The molecule has 1 amide bonds. The molecule has 0 aliphatic carbocycles. The number of aryl methyl sites for hydroxylation is 2. The van der Waals surface area contributed by atoms with E-state index in [-0.39, 0.29) is 12.2 Å². The van der Waals surface area contributed by atoms with Gasteiger partial charge in [0.2, 0.25) is 0 Å². The van der Waals surface area contributed by atoms with Crippen LogP contribution in [0, 0.1) is 24.0 Å². The predicted molar refractivity (Wildman–Crippen MR) is 105 cm³/mol. The van der Waals surface area contributed by atoms with Crippen molar-refractivity contribution >= 4 is 49.7 Å². The number of hydrazone groups is 1. The molecule has 0 saturated heterocycles. The van der Waals surface area contributed by atoms with Gasteiger partial charge in [-0.05, 0) is 64.4 Å². The Morgan fingerprint density at radius 3 is 2.63 bits per heavy atom. The topological polar surface area (TPSA) is 117 Å². The standard InChI is InChI=1S/C17H15Br2N3O5/c1-9-3-10(2)17(13(19)4-9)27-8-15(23)21-20-7-11-5-12(18)6-14(16(11)24)22(25)26/h3-7,24H,8H2,1-2H3,(H,21,23)/p-1. The van der Waals surface area contributed by atoms with E-state index in [1.54, 1.807) is 0 Å². The van der Waals surface area contributed by atoms with Crippen LogP contribution in [0.5, 0.6) is 11.5 Å². The summed E-state index contributed by atoms with van der Waals surface area (Å²) in [4.78, 5) is 21.9. The molecule has 0 heterocycles. The normalized spacial score (nSPS) is 10.8. The minimum Gasteiger partial charge on any atom is -0.867 e. The van der Waals surface area contributed by atoms with Crippen molar-refractivity contribution in [3.63, 3.8) is 0 Å². The maximum atomic E-state index is 12.0. The minimum atomic E-state index is -0.795. The number of rotatable bonds is 6. The molecule has 10 heteroatoms. The Balaban J connectivity index is 2.01. The number of nitro benzene ring substituents is 1. The zero-order chi connectivity index (χ0) is 20.1. The van der Waals surface area contributed by atoms with E-state index in [2.05, 4.69) is 42.4 Å². The summed E-state index contributed by atoms with van der Waals surface area (Å²) in [5, 5.41) is 26.5. The summed E-state index contributed by atoms with van der Waals surface area (Å²) in [6.45, 7) is 3.52. The number of hydrogen-bond donors (Lipinski definition) is 1. The maximum Gasteiger partial charge on any atom is 0.277 e. The third-order valence-electron chi connectivity index (χ3n) is 3.37. The molecule has 8 nitrogen and oxygen atoms in total. The summed E-state index contributed by atoms with van der Waals surface area (Å²) < 4.78 is 6.57. The lowest BCUT2D eigenvalue weighted by Gasteiger charge is -2.12. The molecular weight excluding hydrogens is 486 g/mol. The zero-order valence-corrected chi connectivity index (χ0v) is 17.5. The first-order chi connectivity index (χ1) is 12.7. The molecule has 2 rings (SSSR count). The summed E-state index contributed by atoms with van der Waals surface area (Å²) in [7, 11) is 0. The first-order valence-corrected chi connectivity index (χ1v) is 9.14. The number of hydrogen-bond acceptors (Lipinski definition) is 6. The molecule has 1 N–H and O–H groups in total. The van der Waals surface area contributed by atoms with Gasteiger partial charge in [0.15, 0.2) is 6.61 Å². The molecular formula is C17H14Br2N3O5-. The summed E-state index contributed by atoms with van der Waals surface area (Å²) in [6.07, 6.45) is 1.05. The second-order valence-electron chi connectivity index (χ2n) is 5.57. The molecule has 0 bridgehead atoms. The van der Waals surface area contributed by atoms with Gasteiger partial charge in [-0.25, -0.2) is 5.43 Å². The van der Waals surface area contributed by atoms with E-state index in [0.717, 1.165) is 27.9 Å². The Kier molecular flexibility index (Phi) is 6.92. The smallest absolute Gasteiger partial charge is 0.277 e. The molecule has 27 heavy (non-hydrogen) atoms. The molecule has 0 spiro atoms. The molecule has 0 aromatic heterocycles. The Hall–Kier alpha value is -2.46. The van der Waals surface area contributed by atoms with Crippen LogP contribution in [0.4, 0.5) is 5.69 Å². The molecule has 0 radical (unpaired) electrons. The Morgan fingerprint density at radius 1 is 1.30 bits per heavy atom. The summed E-state index contributed by atoms with van der Waals surface area (Å²) >= 11 is 6.47. The van der Waals surface area contributed by atoms with Crippen LogP contribution in [0.1, 0.15) is 16.7 Å². The lowest BCUT2D eigenvalue weighted by molar-refractivity contribution is -0.398. The maximum absolute atomic E-state index is 12.0. The largest absolute Gasteiger partial charge is 0.867 e. The molecule has 0 saturated carbocycles. The van der Waals surface area contributed by atoms with E-state index >= 15 is 0 Å². The molecule has 0 aliphatic rings. The van der Waals surface area contributed by atoms with Gasteiger partial charge in [0.25, 0.3) is 11.6 Å². The molecule has 0 unspecified atom stereocenters. The fraction of sp³-hybridized carbons (Fsp3) is 0.176. The average Bonchev–Trinajstić information content (AvgIpc) is 2.56. The van der Waals surface area contributed by atoms with E-state index in [1.807, 2.05) is 26.0 Å². The second-order valence-corrected chi connectivity index (χ2v) is 7.35. The van der Waals surface area contributed by atoms with Crippen LogP contribution in [0.3, 0.4) is 0 Å². The third kappa shape index (κ3) is 5.51. The van der Waals surface area contributed by atoms with Crippen LogP contribution >= 0.6 is 31.9 Å². The zero-order valence-electron chi connectivity index (χ0n) is 14.3. The Labute approximate surface area is 171 Å². The van der Waals surface area contributed by atoms with Crippen LogP contribution in [0.25, 0.3) is 0 Å². The lowest BCUT2D eigenvalue weighted by Crippen LogP contribution is -2.25. The van der Waals surface area contributed by atoms with Gasteiger partial charge < -0.3 is 9.84 Å².